The molecule has 5 heteroatoms. The first-order valence-corrected chi connectivity index (χ1v) is 4.01. The van der Waals surface area contributed by atoms with Crippen LogP contribution < -0.4 is 16.0 Å². The van der Waals surface area contributed by atoms with E-state index < -0.39 is 12.0 Å². The number of benzene rings is 1. The third-order valence-corrected chi connectivity index (χ3v) is 1.80. The number of nitrogens with one attached hydrogen (secondary N) is 1. The summed E-state index contributed by atoms with van der Waals surface area (Å²) in [5.74, 6) is 4.81. The molecule has 0 bridgehead atoms. The Kier molecular flexibility index (Phi) is 3.44. The Morgan fingerprint density at radius 2 is 2.36 bits per heavy atom. The number of hydrazine groups is 1. The van der Waals surface area contributed by atoms with E-state index in [4.69, 9.17) is 10.6 Å². The van der Waals surface area contributed by atoms with E-state index in [9.17, 15) is 9.90 Å². The molecule has 14 heavy (non-hydrogen) atoms. The van der Waals surface area contributed by atoms with Crippen LogP contribution >= 0.6 is 0 Å². The molecule has 4 N–H and O–H groups in total. The fourth-order valence-corrected chi connectivity index (χ4v) is 1.04. The molecule has 0 saturated carbocycles. The van der Waals surface area contributed by atoms with Gasteiger partial charge in [0.1, 0.15) is 5.75 Å². The highest BCUT2D eigenvalue weighted by atomic mass is 16.5. The van der Waals surface area contributed by atoms with Crippen molar-refractivity contribution in [2.75, 3.05) is 7.11 Å². The Balaban J connectivity index is 2.89. The van der Waals surface area contributed by atoms with Gasteiger partial charge < -0.3 is 9.84 Å². The number of amides is 1. The van der Waals surface area contributed by atoms with Crippen LogP contribution in [-0.2, 0) is 4.79 Å². The van der Waals surface area contributed by atoms with E-state index in [1.165, 1.54) is 7.11 Å². The van der Waals surface area contributed by atoms with Gasteiger partial charge in [0.05, 0.1) is 7.11 Å². The predicted molar refractivity (Wildman–Crippen MR) is 50.3 cm³/mol. The summed E-state index contributed by atoms with van der Waals surface area (Å²) < 4.78 is 4.94. The molecule has 1 aromatic carbocycles. The predicted octanol–water partition coefficient (Wildman–Crippen LogP) is -0.282. The number of nitrogens with two attached hydrogens (primary N) is 1. The van der Waals surface area contributed by atoms with E-state index in [1.54, 1.807) is 24.3 Å². The molecular formula is C9H12N2O3. The fourth-order valence-electron chi connectivity index (χ4n) is 1.04. The molecule has 1 atom stereocenters. The van der Waals surface area contributed by atoms with Crippen molar-refractivity contribution in [3.8, 4) is 5.75 Å². The van der Waals surface area contributed by atoms with Gasteiger partial charge in [-0.15, -0.1) is 0 Å². The van der Waals surface area contributed by atoms with Gasteiger partial charge in [-0.3, -0.25) is 10.2 Å². The quantitative estimate of drug-likeness (QED) is 0.352. The zero-order valence-corrected chi connectivity index (χ0v) is 7.73. The van der Waals surface area contributed by atoms with Gasteiger partial charge in [0.2, 0.25) is 0 Å². The molecule has 0 aliphatic carbocycles. The van der Waals surface area contributed by atoms with Crippen LogP contribution in [0, 0.1) is 0 Å². The Labute approximate surface area is 81.5 Å². The van der Waals surface area contributed by atoms with Gasteiger partial charge in [0.25, 0.3) is 5.91 Å². The lowest BCUT2D eigenvalue weighted by Gasteiger charge is -2.09. The smallest absolute Gasteiger partial charge is 0.267 e. The second-order valence-corrected chi connectivity index (χ2v) is 2.69. The lowest BCUT2D eigenvalue weighted by Crippen LogP contribution is -2.34. The molecule has 0 heterocycles. The maximum atomic E-state index is 11.0. The SMILES string of the molecule is COc1cccc([C@@H](O)C(=O)NN)c1. The fraction of sp³-hybridized carbons (Fsp3) is 0.222. The normalized spacial score (nSPS) is 11.9. The van der Waals surface area contributed by atoms with Gasteiger partial charge in [-0.1, -0.05) is 12.1 Å². The summed E-state index contributed by atoms with van der Waals surface area (Å²) in [6.07, 6.45) is -1.27. The van der Waals surface area contributed by atoms with Crippen LogP contribution in [0.15, 0.2) is 24.3 Å². The lowest BCUT2D eigenvalue weighted by atomic mass is 10.1. The summed E-state index contributed by atoms with van der Waals surface area (Å²) in [6, 6.07) is 6.58. The summed E-state index contributed by atoms with van der Waals surface area (Å²) >= 11 is 0. The maximum Gasteiger partial charge on any atom is 0.267 e. The summed E-state index contributed by atoms with van der Waals surface area (Å²) in [7, 11) is 1.51. The molecule has 1 amide bonds. The van der Waals surface area contributed by atoms with Gasteiger partial charge in [-0.25, -0.2) is 5.84 Å². The first-order chi connectivity index (χ1) is 6.69. The maximum absolute atomic E-state index is 11.0. The highest BCUT2D eigenvalue weighted by Gasteiger charge is 2.16. The number of ether oxygens (including phenoxy) is 1. The van der Waals surface area contributed by atoms with E-state index in [0.29, 0.717) is 11.3 Å². The number of carbonyl (C=O) groups excluding carboxylic acids is 1. The second kappa shape index (κ2) is 4.59. The summed E-state index contributed by atoms with van der Waals surface area (Å²) in [5, 5.41) is 9.46. The van der Waals surface area contributed by atoms with Crippen molar-refractivity contribution in [3.63, 3.8) is 0 Å². The number of aliphatic hydroxyl groups is 1. The van der Waals surface area contributed by atoms with Crippen LogP contribution in [0.1, 0.15) is 11.7 Å². The molecule has 0 aliphatic heterocycles. The van der Waals surface area contributed by atoms with Crippen LogP contribution in [0.4, 0.5) is 0 Å². The van der Waals surface area contributed by atoms with Crippen molar-refractivity contribution in [3.05, 3.63) is 29.8 Å². The summed E-state index contributed by atoms with van der Waals surface area (Å²) in [4.78, 5) is 11.0. The largest absolute Gasteiger partial charge is 0.497 e. The van der Waals surface area contributed by atoms with Crippen molar-refractivity contribution in [2.24, 2.45) is 5.84 Å². The highest BCUT2D eigenvalue weighted by molar-refractivity contribution is 5.81. The number of aliphatic hydroxyl groups excluding tert-OH is 1. The average molecular weight is 196 g/mol. The van der Waals surface area contributed by atoms with Crippen LogP contribution in [0.3, 0.4) is 0 Å². The van der Waals surface area contributed by atoms with E-state index in [-0.39, 0.29) is 0 Å². The minimum atomic E-state index is -1.27. The zero-order valence-electron chi connectivity index (χ0n) is 7.73. The first kappa shape index (κ1) is 10.5. The van der Waals surface area contributed by atoms with Gasteiger partial charge in [-0.05, 0) is 17.7 Å². The Morgan fingerprint density at radius 1 is 1.64 bits per heavy atom. The van der Waals surface area contributed by atoms with Crippen LogP contribution in [0.25, 0.3) is 0 Å². The standard InChI is InChI=1S/C9H12N2O3/c1-14-7-4-2-3-6(5-7)8(12)9(13)11-10/h2-5,8,12H,10H2,1H3,(H,11,13)/t8-/m1/s1. The van der Waals surface area contributed by atoms with Crippen molar-refractivity contribution in [1.29, 1.82) is 0 Å². The number of rotatable bonds is 3. The third-order valence-electron chi connectivity index (χ3n) is 1.80. The summed E-state index contributed by atoms with van der Waals surface area (Å²) in [5.41, 5.74) is 2.31. The Morgan fingerprint density at radius 3 is 2.93 bits per heavy atom. The van der Waals surface area contributed by atoms with Gasteiger partial charge in [0.15, 0.2) is 6.10 Å². The van der Waals surface area contributed by atoms with E-state index in [1.807, 2.05) is 5.43 Å². The number of methoxy groups -OCH3 is 1. The molecule has 0 unspecified atom stereocenters. The molecular weight excluding hydrogens is 184 g/mol. The van der Waals surface area contributed by atoms with Crippen LogP contribution in [-0.4, -0.2) is 18.1 Å². The second-order valence-electron chi connectivity index (χ2n) is 2.69. The van der Waals surface area contributed by atoms with E-state index >= 15 is 0 Å². The Hall–Kier alpha value is -1.59. The molecule has 0 aliphatic rings. The topological polar surface area (TPSA) is 84.6 Å². The van der Waals surface area contributed by atoms with Crippen molar-refractivity contribution in [1.82, 2.24) is 5.43 Å². The molecule has 5 nitrogen and oxygen atoms in total. The van der Waals surface area contributed by atoms with Gasteiger partial charge in [-0.2, -0.15) is 0 Å². The molecule has 0 radical (unpaired) electrons. The van der Waals surface area contributed by atoms with E-state index in [0.717, 1.165) is 0 Å². The highest BCUT2D eigenvalue weighted by Crippen LogP contribution is 2.18. The molecule has 0 fully saturated rings. The number of hydrogen-bond donors (Lipinski definition) is 3. The van der Waals surface area contributed by atoms with Gasteiger partial charge in [0, 0.05) is 0 Å². The van der Waals surface area contributed by atoms with Crippen molar-refractivity contribution >= 4 is 5.91 Å². The van der Waals surface area contributed by atoms with Crippen LogP contribution in [0.2, 0.25) is 0 Å². The molecule has 0 spiro atoms. The molecule has 1 aromatic rings. The first-order valence-electron chi connectivity index (χ1n) is 4.01. The summed E-state index contributed by atoms with van der Waals surface area (Å²) in [6.45, 7) is 0. The van der Waals surface area contributed by atoms with E-state index in [2.05, 4.69) is 0 Å². The average Bonchev–Trinajstić information content (AvgIpc) is 2.27. The molecule has 0 saturated heterocycles. The van der Waals surface area contributed by atoms with Gasteiger partial charge >= 0.3 is 0 Å². The van der Waals surface area contributed by atoms with Crippen molar-refractivity contribution < 1.29 is 14.6 Å². The monoisotopic (exact) mass is 196 g/mol. The molecule has 1 rings (SSSR count). The number of carbonyl (C=O) groups is 1. The zero-order chi connectivity index (χ0) is 10.6. The lowest BCUT2D eigenvalue weighted by molar-refractivity contribution is -0.129. The minimum Gasteiger partial charge on any atom is -0.497 e. The minimum absolute atomic E-state index is 0.437. The van der Waals surface area contributed by atoms with Crippen molar-refractivity contribution in [2.45, 2.75) is 6.10 Å². The third kappa shape index (κ3) is 2.21. The Bertz CT molecular complexity index is 328. The number of hydrogen-bond acceptors (Lipinski definition) is 4. The van der Waals surface area contributed by atoms with Crippen LogP contribution in [0.5, 0.6) is 5.75 Å². The molecule has 76 valence electrons. The molecule has 0 aromatic heterocycles.